The van der Waals surface area contributed by atoms with Gasteiger partial charge in [-0.1, -0.05) is 123 Å². The predicted octanol–water partition coefficient (Wildman–Crippen LogP) is 9.39. The molecule has 4 heterocycles. The molecule has 2 aliphatic rings. The molecule has 6 aromatic rings. The minimum atomic E-state index is -0.0875. The number of carbonyl (C=O) groups excluding carboxylic acids is 2. The lowest BCUT2D eigenvalue weighted by atomic mass is 9.95. The second-order valence-corrected chi connectivity index (χ2v) is 15.2. The first kappa shape index (κ1) is 36.5. The van der Waals surface area contributed by atoms with Crippen LogP contribution in [0.3, 0.4) is 0 Å². The minimum Gasteiger partial charge on any atom is -0.307 e. The molecule has 10 heteroatoms. The van der Waals surface area contributed by atoms with Crippen molar-refractivity contribution in [3.63, 3.8) is 0 Å². The van der Waals surface area contributed by atoms with Crippen LogP contribution in [0.5, 0.6) is 0 Å². The molecule has 2 aromatic heterocycles. The second kappa shape index (κ2) is 14.9. The van der Waals surface area contributed by atoms with Crippen molar-refractivity contribution < 1.29 is 9.59 Å². The molecule has 0 unspecified atom stereocenters. The van der Waals surface area contributed by atoms with Crippen LogP contribution in [0.1, 0.15) is 78.6 Å². The summed E-state index contributed by atoms with van der Waals surface area (Å²) >= 11 is 0. The maximum atomic E-state index is 13.1. The fourth-order valence-corrected chi connectivity index (χ4v) is 7.30. The number of anilines is 2. The van der Waals surface area contributed by atoms with E-state index >= 15 is 0 Å². The number of benzene rings is 4. The molecule has 0 bridgehead atoms. The Labute approximate surface area is 317 Å². The Morgan fingerprint density at radius 2 is 0.852 bits per heavy atom. The number of fused-ring (bicyclic) bond motifs is 10. The summed E-state index contributed by atoms with van der Waals surface area (Å²) in [6.45, 7) is 17.2. The molecule has 0 fully saturated rings. The van der Waals surface area contributed by atoms with Gasteiger partial charge in [0, 0.05) is 46.2 Å². The summed E-state index contributed by atoms with van der Waals surface area (Å²) < 4.78 is 3.93. The normalized spacial score (nSPS) is 13.0. The Balaban J connectivity index is 0.000000167. The van der Waals surface area contributed by atoms with Crippen LogP contribution in [-0.4, -0.2) is 41.8 Å². The largest absolute Gasteiger partial charge is 0.307 e. The van der Waals surface area contributed by atoms with Crippen LogP contribution in [0.2, 0.25) is 0 Å². The first-order valence-corrected chi connectivity index (χ1v) is 18.9. The molecule has 276 valence electrons. The summed E-state index contributed by atoms with van der Waals surface area (Å²) in [6.07, 6.45) is 0. The van der Waals surface area contributed by atoms with Gasteiger partial charge in [-0.25, -0.2) is 9.36 Å². The van der Waals surface area contributed by atoms with E-state index in [2.05, 4.69) is 78.7 Å². The lowest BCUT2D eigenvalue weighted by Gasteiger charge is -2.30. The van der Waals surface area contributed by atoms with Gasteiger partial charge in [-0.3, -0.25) is 9.59 Å². The van der Waals surface area contributed by atoms with Gasteiger partial charge in [-0.05, 0) is 51.0 Å². The summed E-state index contributed by atoms with van der Waals surface area (Å²) in [4.78, 5) is 29.9. The first-order valence-electron chi connectivity index (χ1n) is 18.9. The SMILES string of the molecule is CC(C)C(=O)N1Cc2ccccc2-c2c(nnn2C(C)C)-c2ccccc21.CC(C)C(=O)N1Cc2ccccc2-c2nnn(C(C)C)c2-c2ccccc21. The molecule has 10 nitrogen and oxygen atoms in total. The molecule has 2 amide bonds. The van der Waals surface area contributed by atoms with Crippen molar-refractivity contribution in [2.45, 2.75) is 80.6 Å². The van der Waals surface area contributed by atoms with Crippen molar-refractivity contribution in [2.24, 2.45) is 11.8 Å². The average Bonchev–Trinajstić information content (AvgIpc) is 3.80. The molecule has 0 N–H and O–H groups in total. The van der Waals surface area contributed by atoms with E-state index < -0.39 is 0 Å². The third-order valence-electron chi connectivity index (χ3n) is 9.99. The fraction of sp³-hybridized carbons (Fsp3) is 0.318. The highest BCUT2D eigenvalue weighted by Gasteiger charge is 2.32. The van der Waals surface area contributed by atoms with Gasteiger partial charge in [-0.15, -0.1) is 10.2 Å². The summed E-state index contributed by atoms with van der Waals surface area (Å²) in [5, 5.41) is 18.0. The van der Waals surface area contributed by atoms with Gasteiger partial charge in [0.2, 0.25) is 11.8 Å². The van der Waals surface area contributed by atoms with E-state index in [0.29, 0.717) is 13.1 Å². The van der Waals surface area contributed by atoms with E-state index in [1.165, 1.54) is 0 Å². The van der Waals surface area contributed by atoms with E-state index in [-0.39, 0.29) is 35.7 Å². The van der Waals surface area contributed by atoms with Crippen LogP contribution in [-0.2, 0) is 22.7 Å². The number of amides is 2. The molecule has 54 heavy (non-hydrogen) atoms. The first-order chi connectivity index (χ1) is 26.0. The zero-order valence-electron chi connectivity index (χ0n) is 32.4. The molecule has 4 aromatic carbocycles. The Morgan fingerprint density at radius 3 is 1.35 bits per heavy atom. The number of aromatic nitrogens is 6. The molecule has 2 aliphatic heterocycles. The summed E-state index contributed by atoms with van der Waals surface area (Å²) in [5.74, 6) is 0.0499. The van der Waals surface area contributed by atoms with Gasteiger partial charge in [0.05, 0.1) is 35.9 Å². The molecule has 8 rings (SSSR count). The lowest BCUT2D eigenvalue weighted by Crippen LogP contribution is -2.35. The average molecular weight is 721 g/mol. The highest BCUT2D eigenvalue weighted by Crippen LogP contribution is 2.43. The van der Waals surface area contributed by atoms with Crippen molar-refractivity contribution in [3.8, 4) is 45.0 Å². The van der Waals surface area contributed by atoms with Crippen molar-refractivity contribution in [2.75, 3.05) is 9.80 Å². The third kappa shape index (κ3) is 6.50. The van der Waals surface area contributed by atoms with Crippen LogP contribution in [0, 0.1) is 11.8 Å². The number of para-hydroxylation sites is 2. The van der Waals surface area contributed by atoms with Crippen molar-refractivity contribution in [1.29, 1.82) is 0 Å². The molecule has 0 atom stereocenters. The molecule has 0 radical (unpaired) electrons. The predicted molar refractivity (Wildman–Crippen MR) is 215 cm³/mol. The number of carbonyl (C=O) groups is 2. The van der Waals surface area contributed by atoms with Crippen LogP contribution >= 0.6 is 0 Å². The zero-order valence-corrected chi connectivity index (χ0v) is 32.4. The third-order valence-corrected chi connectivity index (χ3v) is 9.99. The molecular formula is C44H48N8O2. The van der Waals surface area contributed by atoms with E-state index in [1.807, 2.05) is 114 Å². The van der Waals surface area contributed by atoms with Crippen molar-refractivity contribution in [1.82, 2.24) is 30.0 Å². The fourth-order valence-electron chi connectivity index (χ4n) is 7.30. The van der Waals surface area contributed by atoms with Gasteiger partial charge < -0.3 is 9.80 Å². The zero-order chi connectivity index (χ0) is 38.3. The Hall–Kier alpha value is -5.90. The van der Waals surface area contributed by atoms with E-state index in [9.17, 15) is 9.59 Å². The molecule has 0 aliphatic carbocycles. The summed E-state index contributed by atoms with van der Waals surface area (Å²) in [6, 6.07) is 32.8. The number of rotatable bonds is 4. The lowest BCUT2D eigenvalue weighted by molar-refractivity contribution is -0.122. The van der Waals surface area contributed by atoms with E-state index in [4.69, 9.17) is 0 Å². The summed E-state index contributed by atoms with van der Waals surface area (Å²) in [7, 11) is 0. The molecule has 0 saturated carbocycles. The van der Waals surface area contributed by atoms with E-state index in [1.54, 1.807) is 0 Å². The quantitative estimate of drug-likeness (QED) is 0.180. The minimum absolute atomic E-state index is 0.0859. The smallest absolute Gasteiger partial charge is 0.229 e. The number of hydrogen-bond acceptors (Lipinski definition) is 6. The van der Waals surface area contributed by atoms with Gasteiger partial charge in [-0.2, -0.15) is 0 Å². The Kier molecular flexibility index (Phi) is 10.0. The standard InChI is InChI=1S/2C22H24N4O/c1-14(2)22(27)25-13-16-9-5-6-10-17(16)21-20(23-24-26(21)15(3)4)18-11-7-8-12-19(18)25;1-14(2)22(27)25-13-16-9-5-6-10-17(16)20-21(26(15(3)4)24-23-20)18-11-7-8-12-19(18)25/h2*5-12,14-15H,13H2,1-4H3. The van der Waals surface area contributed by atoms with Crippen molar-refractivity contribution in [3.05, 3.63) is 108 Å². The van der Waals surface area contributed by atoms with Crippen LogP contribution < -0.4 is 9.80 Å². The maximum Gasteiger partial charge on any atom is 0.229 e. The summed E-state index contributed by atoms with van der Waals surface area (Å²) in [5.41, 5.74) is 11.7. The van der Waals surface area contributed by atoms with Gasteiger partial charge in [0.1, 0.15) is 11.4 Å². The maximum absolute atomic E-state index is 13.1. The molecule has 0 spiro atoms. The number of nitrogens with zero attached hydrogens (tertiary/aromatic N) is 8. The highest BCUT2D eigenvalue weighted by atomic mass is 16.2. The topological polar surface area (TPSA) is 102 Å². The van der Waals surface area contributed by atoms with Crippen LogP contribution in [0.4, 0.5) is 11.4 Å². The Morgan fingerprint density at radius 1 is 0.481 bits per heavy atom. The van der Waals surface area contributed by atoms with E-state index in [0.717, 1.165) is 67.5 Å². The Bertz CT molecular complexity index is 2330. The molecular weight excluding hydrogens is 673 g/mol. The van der Waals surface area contributed by atoms with Crippen molar-refractivity contribution >= 4 is 23.2 Å². The number of hydrogen-bond donors (Lipinski definition) is 0. The van der Waals surface area contributed by atoms with Crippen LogP contribution in [0.25, 0.3) is 45.0 Å². The molecule has 0 saturated heterocycles. The van der Waals surface area contributed by atoms with Crippen LogP contribution in [0.15, 0.2) is 97.1 Å². The second-order valence-electron chi connectivity index (χ2n) is 15.2. The van der Waals surface area contributed by atoms with Gasteiger partial charge in [0.15, 0.2) is 0 Å². The monoisotopic (exact) mass is 720 g/mol. The highest BCUT2D eigenvalue weighted by molar-refractivity contribution is 6.02. The van der Waals surface area contributed by atoms with Gasteiger partial charge >= 0.3 is 0 Å². The van der Waals surface area contributed by atoms with Gasteiger partial charge in [0.25, 0.3) is 0 Å².